The number of anilines is 1. The van der Waals surface area contributed by atoms with Gasteiger partial charge in [-0.3, -0.25) is 4.98 Å². The molecule has 7 heteroatoms. The summed E-state index contributed by atoms with van der Waals surface area (Å²) < 4.78 is 5.16. The summed E-state index contributed by atoms with van der Waals surface area (Å²) >= 11 is 1.23. The maximum absolute atomic E-state index is 5.46. The largest absolute Gasteiger partial charge is 0.416 e. The second-order valence-corrected chi connectivity index (χ2v) is 3.44. The zero-order valence-corrected chi connectivity index (χ0v) is 8.15. The first kappa shape index (κ1) is 8.95. The molecule has 0 aromatic carbocycles. The van der Waals surface area contributed by atoms with E-state index in [9.17, 15) is 0 Å². The van der Waals surface area contributed by atoms with Crippen LogP contribution in [0.5, 0.6) is 0 Å². The molecule has 0 aliphatic rings. The average Bonchev–Trinajstić information content (AvgIpc) is 2.51. The Hall–Kier alpha value is -1.63. The lowest BCUT2D eigenvalue weighted by atomic mass is 10.7. The normalized spacial score (nSPS) is 10.4. The first-order chi connectivity index (χ1) is 6.74. The van der Waals surface area contributed by atoms with Crippen molar-refractivity contribution in [1.82, 2.24) is 20.2 Å². The zero-order valence-electron chi connectivity index (χ0n) is 7.34. The summed E-state index contributed by atoms with van der Waals surface area (Å²) in [5, 5.41) is 8.56. The molecular weight excluding hydrogens is 202 g/mol. The smallest absolute Gasteiger partial charge is 0.282 e. The molecule has 0 fully saturated rings. The quantitative estimate of drug-likeness (QED) is 0.785. The Balaban J connectivity index is 2.18. The van der Waals surface area contributed by atoms with E-state index in [1.165, 1.54) is 18.0 Å². The molecule has 14 heavy (non-hydrogen) atoms. The van der Waals surface area contributed by atoms with Crippen molar-refractivity contribution in [3.63, 3.8) is 0 Å². The second kappa shape index (κ2) is 3.62. The fourth-order valence-electron chi connectivity index (χ4n) is 0.821. The molecule has 0 amide bonds. The number of nitrogens with two attached hydrogens (primary N) is 1. The van der Waals surface area contributed by atoms with Crippen LogP contribution in [0.2, 0.25) is 0 Å². The molecule has 0 aliphatic heterocycles. The Labute approximate surface area is 84.0 Å². The predicted molar refractivity (Wildman–Crippen MR) is 49.6 cm³/mol. The highest BCUT2D eigenvalue weighted by atomic mass is 32.2. The van der Waals surface area contributed by atoms with Crippen molar-refractivity contribution < 1.29 is 4.42 Å². The van der Waals surface area contributed by atoms with Crippen LogP contribution in [0.3, 0.4) is 0 Å². The van der Waals surface area contributed by atoms with Crippen LogP contribution in [-0.2, 0) is 0 Å². The van der Waals surface area contributed by atoms with Gasteiger partial charge in [-0.2, -0.15) is 0 Å². The molecule has 0 atom stereocenters. The van der Waals surface area contributed by atoms with E-state index in [-0.39, 0.29) is 0 Å². The highest BCUT2D eigenvalue weighted by Gasteiger charge is 2.06. The van der Waals surface area contributed by atoms with Gasteiger partial charge in [0.1, 0.15) is 10.8 Å². The van der Waals surface area contributed by atoms with Crippen LogP contribution < -0.4 is 5.73 Å². The van der Waals surface area contributed by atoms with Crippen molar-refractivity contribution in [3.8, 4) is 0 Å². The summed E-state index contributed by atoms with van der Waals surface area (Å²) in [6.07, 6.45) is 3.06. The summed E-state index contributed by atoms with van der Waals surface area (Å²) in [6, 6.07) is 0. The molecule has 2 N–H and O–H groups in total. The zero-order chi connectivity index (χ0) is 9.97. The lowest BCUT2D eigenvalue weighted by Crippen LogP contribution is -1.92. The van der Waals surface area contributed by atoms with Crippen molar-refractivity contribution in [2.75, 3.05) is 5.73 Å². The average molecular weight is 209 g/mol. The summed E-state index contributed by atoms with van der Waals surface area (Å²) in [7, 11) is 0. The summed E-state index contributed by atoms with van der Waals surface area (Å²) in [4.78, 5) is 7.92. The molecular formula is C7H7N5OS. The molecule has 2 aromatic heterocycles. The molecule has 2 rings (SSSR count). The molecule has 2 heterocycles. The van der Waals surface area contributed by atoms with E-state index in [1.54, 1.807) is 13.1 Å². The molecule has 0 saturated carbocycles. The maximum Gasteiger partial charge on any atom is 0.282 e. The standard InChI is InChI=1S/C7H7N5OS/c1-4-11-12-7(13-4)14-6-3-9-2-5(8)10-6/h2-3H,1H3,(H2,8,10). The maximum atomic E-state index is 5.46. The van der Waals surface area contributed by atoms with Crippen LogP contribution in [0.1, 0.15) is 5.89 Å². The third-order valence-corrected chi connectivity index (χ3v) is 2.08. The number of hydrogen-bond acceptors (Lipinski definition) is 7. The molecule has 0 spiro atoms. The summed E-state index contributed by atoms with van der Waals surface area (Å²) in [5.74, 6) is 0.885. The van der Waals surface area contributed by atoms with Crippen molar-refractivity contribution in [1.29, 1.82) is 0 Å². The lowest BCUT2D eigenvalue weighted by Gasteiger charge is -1.95. The van der Waals surface area contributed by atoms with Crippen LogP contribution in [0.4, 0.5) is 5.82 Å². The number of hydrogen-bond donors (Lipinski definition) is 1. The van der Waals surface area contributed by atoms with Crippen molar-refractivity contribution in [2.24, 2.45) is 0 Å². The van der Waals surface area contributed by atoms with Gasteiger partial charge in [0, 0.05) is 6.92 Å². The second-order valence-electron chi connectivity index (χ2n) is 2.47. The monoisotopic (exact) mass is 209 g/mol. The molecule has 0 aliphatic carbocycles. The van der Waals surface area contributed by atoms with E-state index >= 15 is 0 Å². The van der Waals surface area contributed by atoms with Crippen LogP contribution in [0.25, 0.3) is 0 Å². The van der Waals surface area contributed by atoms with Gasteiger partial charge in [-0.15, -0.1) is 10.2 Å². The Morgan fingerprint density at radius 3 is 2.86 bits per heavy atom. The van der Waals surface area contributed by atoms with Gasteiger partial charge in [0.2, 0.25) is 5.89 Å². The number of rotatable bonds is 2. The first-order valence-electron chi connectivity index (χ1n) is 3.79. The Bertz CT molecular complexity index is 443. The van der Waals surface area contributed by atoms with Gasteiger partial charge < -0.3 is 10.2 Å². The minimum atomic E-state index is 0.367. The minimum absolute atomic E-state index is 0.367. The summed E-state index contributed by atoms with van der Waals surface area (Å²) in [6.45, 7) is 1.72. The topological polar surface area (TPSA) is 90.7 Å². The Kier molecular flexibility index (Phi) is 2.32. The van der Waals surface area contributed by atoms with Crippen molar-refractivity contribution in [3.05, 3.63) is 18.3 Å². The SMILES string of the molecule is Cc1nnc(Sc2cncc(N)n2)o1. The van der Waals surface area contributed by atoms with E-state index in [0.717, 1.165) is 0 Å². The lowest BCUT2D eigenvalue weighted by molar-refractivity contribution is 0.429. The van der Waals surface area contributed by atoms with Gasteiger partial charge in [0.15, 0.2) is 0 Å². The van der Waals surface area contributed by atoms with E-state index < -0.39 is 0 Å². The van der Waals surface area contributed by atoms with Gasteiger partial charge in [-0.1, -0.05) is 0 Å². The van der Waals surface area contributed by atoms with Crippen LogP contribution in [0, 0.1) is 6.92 Å². The Morgan fingerprint density at radius 2 is 2.21 bits per heavy atom. The summed E-state index contributed by atoms with van der Waals surface area (Å²) in [5.41, 5.74) is 5.46. The van der Waals surface area contributed by atoms with Crippen LogP contribution in [0.15, 0.2) is 27.1 Å². The van der Waals surface area contributed by atoms with E-state index in [0.29, 0.717) is 22.0 Å². The van der Waals surface area contributed by atoms with Crippen molar-refractivity contribution >= 4 is 17.6 Å². The highest BCUT2D eigenvalue weighted by Crippen LogP contribution is 2.23. The van der Waals surface area contributed by atoms with Crippen LogP contribution >= 0.6 is 11.8 Å². The third-order valence-electron chi connectivity index (χ3n) is 1.33. The van der Waals surface area contributed by atoms with E-state index in [1.807, 2.05) is 0 Å². The molecule has 0 radical (unpaired) electrons. The van der Waals surface area contributed by atoms with Gasteiger partial charge in [0.25, 0.3) is 5.22 Å². The molecule has 72 valence electrons. The number of aromatic nitrogens is 4. The molecule has 0 saturated heterocycles. The van der Waals surface area contributed by atoms with Crippen LogP contribution in [-0.4, -0.2) is 20.2 Å². The van der Waals surface area contributed by atoms with Gasteiger partial charge in [-0.25, -0.2) is 4.98 Å². The highest BCUT2D eigenvalue weighted by molar-refractivity contribution is 7.99. The number of nitrogen functional groups attached to an aromatic ring is 1. The van der Waals surface area contributed by atoms with Crippen molar-refractivity contribution in [2.45, 2.75) is 17.2 Å². The first-order valence-corrected chi connectivity index (χ1v) is 4.61. The molecule has 2 aromatic rings. The van der Waals surface area contributed by atoms with E-state index in [2.05, 4.69) is 20.2 Å². The molecule has 6 nitrogen and oxygen atoms in total. The van der Waals surface area contributed by atoms with Gasteiger partial charge in [0.05, 0.1) is 12.4 Å². The van der Waals surface area contributed by atoms with E-state index in [4.69, 9.17) is 10.2 Å². The fraction of sp³-hybridized carbons (Fsp3) is 0.143. The third kappa shape index (κ3) is 1.99. The predicted octanol–water partition coefficient (Wildman–Crippen LogP) is 0.901. The Morgan fingerprint density at radius 1 is 1.36 bits per heavy atom. The van der Waals surface area contributed by atoms with Gasteiger partial charge >= 0.3 is 0 Å². The molecule has 0 bridgehead atoms. The number of aryl methyl sites for hydroxylation is 1. The minimum Gasteiger partial charge on any atom is -0.416 e. The number of nitrogens with zero attached hydrogens (tertiary/aromatic N) is 4. The van der Waals surface area contributed by atoms with Gasteiger partial charge in [-0.05, 0) is 11.8 Å². The fourth-order valence-corrected chi connectivity index (χ4v) is 1.51. The molecule has 0 unspecified atom stereocenters.